The molecule has 1 aromatic carbocycles. The van der Waals surface area contributed by atoms with Gasteiger partial charge in [0.2, 0.25) is 0 Å². The van der Waals surface area contributed by atoms with Crippen molar-refractivity contribution in [2.75, 3.05) is 26.2 Å². The summed E-state index contributed by atoms with van der Waals surface area (Å²) in [6.07, 6.45) is 4.04. The second-order valence-corrected chi connectivity index (χ2v) is 7.34. The van der Waals surface area contributed by atoms with Gasteiger partial charge in [-0.15, -0.1) is 11.8 Å². The molecule has 24 heavy (non-hydrogen) atoms. The third-order valence-electron chi connectivity index (χ3n) is 4.59. The Labute approximate surface area is 145 Å². The van der Waals surface area contributed by atoms with E-state index < -0.39 is 0 Å². The van der Waals surface area contributed by atoms with Gasteiger partial charge in [0.25, 0.3) is 0 Å². The van der Waals surface area contributed by atoms with E-state index >= 15 is 0 Å². The van der Waals surface area contributed by atoms with Crippen LogP contribution < -0.4 is 10.6 Å². The number of hydrogen-bond acceptors (Lipinski definition) is 5. The Morgan fingerprint density at radius 2 is 1.96 bits per heavy atom. The highest BCUT2D eigenvalue weighted by Gasteiger charge is 2.26. The number of thioether (sulfide) groups is 1. The number of carbonyl (C=O) groups excluding carboxylic acids is 1. The largest absolute Gasteiger partial charge is 0.297 e. The lowest BCUT2D eigenvalue weighted by Crippen LogP contribution is -2.48. The zero-order chi connectivity index (χ0) is 16.4. The summed E-state index contributed by atoms with van der Waals surface area (Å²) >= 11 is 1.81. The summed E-state index contributed by atoms with van der Waals surface area (Å²) in [5.74, 6) is 1.87. The van der Waals surface area contributed by atoms with E-state index in [0.717, 1.165) is 42.8 Å². The molecule has 0 amide bonds. The van der Waals surface area contributed by atoms with E-state index in [2.05, 4.69) is 51.2 Å². The van der Waals surface area contributed by atoms with Crippen LogP contribution in [0.3, 0.4) is 0 Å². The number of aromatic nitrogens is 1. The summed E-state index contributed by atoms with van der Waals surface area (Å²) < 4.78 is 0. The molecule has 1 saturated heterocycles. The maximum Gasteiger partial charge on any atom is 0.152 e. The molecule has 4 nitrogen and oxygen atoms in total. The van der Waals surface area contributed by atoms with Gasteiger partial charge in [-0.05, 0) is 17.7 Å². The van der Waals surface area contributed by atoms with Gasteiger partial charge in [-0.2, -0.15) is 0 Å². The van der Waals surface area contributed by atoms with Crippen molar-refractivity contribution in [3.63, 3.8) is 0 Å². The fourth-order valence-electron chi connectivity index (χ4n) is 3.25. The van der Waals surface area contributed by atoms with E-state index in [1.807, 2.05) is 23.8 Å². The Kier molecular flexibility index (Phi) is 4.50. The summed E-state index contributed by atoms with van der Waals surface area (Å²) in [6.45, 7) is 5.33. The van der Waals surface area contributed by atoms with Gasteiger partial charge in [0.05, 0.1) is 5.37 Å². The molecule has 1 unspecified atom stereocenters. The first-order chi connectivity index (χ1) is 11.8. The minimum Gasteiger partial charge on any atom is -0.297 e. The van der Waals surface area contributed by atoms with Crippen LogP contribution in [0.25, 0.3) is 6.08 Å². The van der Waals surface area contributed by atoms with Gasteiger partial charge in [-0.25, -0.2) is 9.78 Å². The molecule has 0 saturated carbocycles. The van der Waals surface area contributed by atoms with Crippen molar-refractivity contribution in [1.82, 2.24) is 14.8 Å². The van der Waals surface area contributed by atoms with Crippen LogP contribution in [0, 0.1) is 0 Å². The molecular formula is C19H19N3OS. The Hall–Kier alpha value is -1.91. The van der Waals surface area contributed by atoms with Crippen LogP contribution in [0.1, 0.15) is 5.56 Å². The monoisotopic (exact) mass is 337 g/mol. The molecule has 2 aliphatic heterocycles. The lowest BCUT2D eigenvalue weighted by Gasteiger charge is -2.37. The van der Waals surface area contributed by atoms with Gasteiger partial charge in [-0.3, -0.25) is 9.80 Å². The van der Waals surface area contributed by atoms with Gasteiger partial charge >= 0.3 is 0 Å². The predicted molar refractivity (Wildman–Crippen MR) is 95.7 cm³/mol. The normalized spacial score (nSPS) is 21.1. The van der Waals surface area contributed by atoms with Crippen molar-refractivity contribution in [2.24, 2.45) is 0 Å². The Morgan fingerprint density at radius 1 is 1.17 bits per heavy atom. The first-order valence-corrected chi connectivity index (χ1v) is 9.10. The Balaban J connectivity index is 1.37. The summed E-state index contributed by atoms with van der Waals surface area (Å²) in [7, 11) is 0. The second kappa shape index (κ2) is 6.91. The van der Waals surface area contributed by atoms with E-state index in [9.17, 15) is 4.79 Å². The van der Waals surface area contributed by atoms with Crippen LogP contribution in [0.15, 0.2) is 47.5 Å². The van der Waals surface area contributed by atoms with E-state index in [4.69, 9.17) is 0 Å². The number of hydrogen-bond donors (Lipinski definition) is 0. The van der Waals surface area contributed by atoms with Crippen LogP contribution >= 0.6 is 11.8 Å². The van der Waals surface area contributed by atoms with Gasteiger partial charge in [0.15, 0.2) is 5.94 Å². The predicted octanol–water partition coefficient (Wildman–Crippen LogP) is 0.615. The van der Waals surface area contributed by atoms with Crippen molar-refractivity contribution >= 4 is 23.8 Å². The maximum atomic E-state index is 10.8. The van der Waals surface area contributed by atoms with Gasteiger partial charge in [-0.1, -0.05) is 30.3 Å². The summed E-state index contributed by atoms with van der Waals surface area (Å²) in [6, 6.07) is 12.5. The van der Waals surface area contributed by atoms with Crippen LogP contribution in [0.4, 0.5) is 0 Å². The van der Waals surface area contributed by atoms with Crippen molar-refractivity contribution in [1.29, 1.82) is 0 Å². The molecule has 0 aliphatic carbocycles. The van der Waals surface area contributed by atoms with Crippen molar-refractivity contribution in [3.8, 4) is 0 Å². The molecule has 4 rings (SSSR count). The molecule has 3 heterocycles. The highest BCUT2D eigenvalue weighted by molar-refractivity contribution is 8.00. The lowest BCUT2D eigenvalue weighted by atomic mass is 10.2. The number of rotatable bonds is 3. The fraction of sp³-hybridized carbons (Fsp3) is 0.316. The van der Waals surface area contributed by atoms with Crippen molar-refractivity contribution < 1.29 is 4.79 Å². The van der Waals surface area contributed by atoms with Crippen LogP contribution in [-0.2, 0) is 11.3 Å². The molecule has 2 aliphatic rings. The number of benzene rings is 1. The quantitative estimate of drug-likeness (QED) is 0.820. The minimum atomic E-state index is 0.350. The van der Waals surface area contributed by atoms with Gasteiger partial charge in [0.1, 0.15) is 5.35 Å². The summed E-state index contributed by atoms with van der Waals surface area (Å²) in [4.78, 5) is 21.0. The zero-order valence-electron chi connectivity index (χ0n) is 13.4. The number of piperazine rings is 1. The van der Waals surface area contributed by atoms with E-state index in [0.29, 0.717) is 10.7 Å². The van der Waals surface area contributed by atoms with Gasteiger partial charge in [0, 0.05) is 49.0 Å². The molecule has 2 aromatic rings. The number of fused-ring (bicyclic) bond motifs is 1. The molecule has 0 N–H and O–H groups in total. The fourth-order valence-corrected chi connectivity index (χ4v) is 4.52. The standard InChI is InChI=1S/C19H19N3OS/c23-14-17-11-18-16(12-20-17)10-19(24-18)22-8-6-21(7-9-22)13-15-4-2-1-3-5-15/h1-5,10-12,19H,6-9,13H2. The molecule has 1 fully saturated rings. The van der Waals surface area contributed by atoms with E-state index in [1.165, 1.54) is 5.56 Å². The van der Waals surface area contributed by atoms with Crippen LogP contribution in [0.2, 0.25) is 0 Å². The molecule has 0 bridgehead atoms. The van der Waals surface area contributed by atoms with Crippen molar-refractivity contribution in [2.45, 2.75) is 16.8 Å². The smallest absolute Gasteiger partial charge is 0.152 e. The Bertz CT molecular complexity index is 856. The van der Waals surface area contributed by atoms with E-state index in [1.54, 1.807) is 6.20 Å². The molecule has 5 heteroatoms. The third-order valence-corrected chi connectivity index (χ3v) is 5.87. The molecular weight excluding hydrogens is 318 g/mol. The van der Waals surface area contributed by atoms with E-state index in [-0.39, 0.29) is 0 Å². The maximum absolute atomic E-state index is 10.8. The third kappa shape index (κ3) is 3.30. The second-order valence-electron chi connectivity index (χ2n) is 6.18. The summed E-state index contributed by atoms with van der Waals surface area (Å²) in [5, 5.41) is 1.88. The first-order valence-electron chi connectivity index (χ1n) is 8.22. The average molecular weight is 337 g/mol. The average Bonchev–Trinajstić information content (AvgIpc) is 3.06. The number of nitrogens with zero attached hydrogens (tertiary/aromatic N) is 3. The van der Waals surface area contributed by atoms with Gasteiger partial charge < -0.3 is 0 Å². The highest BCUT2D eigenvalue weighted by Crippen LogP contribution is 2.28. The zero-order valence-corrected chi connectivity index (χ0v) is 14.2. The highest BCUT2D eigenvalue weighted by atomic mass is 32.2. The first kappa shape index (κ1) is 15.6. The van der Waals surface area contributed by atoms with Crippen LogP contribution in [0.5, 0.6) is 0 Å². The molecule has 1 atom stereocenters. The molecule has 0 radical (unpaired) electrons. The molecule has 0 spiro atoms. The SMILES string of the molecule is O=C=c1cc2c(cn1)=CC(N1CCN(Cc3ccccc3)CC1)S2. The Morgan fingerprint density at radius 3 is 2.71 bits per heavy atom. The lowest BCUT2D eigenvalue weighted by molar-refractivity contribution is 0.132. The molecule has 1 aromatic heterocycles. The topological polar surface area (TPSA) is 36.4 Å². The van der Waals surface area contributed by atoms with Crippen molar-refractivity contribution in [3.05, 3.63) is 58.7 Å². The van der Waals surface area contributed by atoms with Crippen LogP contribution in [-0.4, -0.2) is 52.3 Å². The number of pyridine rings is 1. The minimum absolute atomic E-state index is 0.350. The summed E-state index contributed by atoms with van der Waals surface area (Å²) in [5.41, 5.74) is 1.38. The molecule has 122 valence electrons.